The summed E-state index contributed by atoms with van der Waals surface area (Å²) in [5.74, 6) is -1.94. The van der Waals surface area contributed by atoms with Crippen LogP contribution < -0.4 is 0 Å². The number of halogens is 2. The minimum absolute atomic E-state index is 0.0152. The number of nitrogens with zero attached hydrogens (tertiary/aromatic N) is 1. The van der Waals surface area contributed by atoms with Gasteiger partial charge in [0.25, 0.3) is 0 Å². The molecule has 1 saturated heterocycles. The largest absolute Gasteiger partial charge is 0.481 e. The molecule has 0 amide bonds. The molecule has 2 rings (SSSR count). The summed E-state index contributed by atoms with van der Waals surface area (Å²) >= 11 is 0. The highest BCUT2D eigenvalue weighted by Crippen LogP contribution is 2.34. The van der Waals surface area contributed by atoms with E-state index in [2.05, 4.69) is 0 Å². The van der Waals surface area contributed by atoms with Crippen molar-refractivity contribution < 1.29 is 18.7 Å². The number of benzene rings is 1. The minimum atomic E-state index is -0.827. The molecule has 116 valence electrons. The van der Waals surface area contributed by atoms with Gasteiger partial charge in [-0.2, -0.15) is 0 Å². The van der Waals surface area contributed by atoms with Crippen molar-refractivity contribution >= 4 is 5.97 Å². The van der Waals surface area contributed by atoms with Crippen LogP contribution in [0, 0.1) is 23.0 Å². The first-order valence-corrected chi connectivity index (χ1v) is 7.21. The molecule has 0 radical (unpaired) electrons. The van der Waals surface area contributed by atoms with Crippen LogP contribution >= 0.6 is 0 Å². The topological polar surface area (TPSA) is 40.5 Å². The lowest BCUT2D eigenvalue weighted by molar-refractivity contribution is -0.151. The number of carboxylic acids is 1. The maximum absolute atomic E-state index is 13.7. The number of rotatable bonds is 4. The van der Waals surface area contributed by atoms with Gasteiger partial charge in [0.15, 0.2) is 0 Å². The zero-order valence-corrected chi connectivity index (χ0v) is 12.4. The Morgan fingerprint density at radius 3 is 2.57 bits per heavy atom. The fraction of sp³-hybridized carbons (Fsp3) is 0.562. The molecular weight excluding hydrogens is 276 g/mol. The van der Waals surface area contributed by atoms with Gasteiger partial charge in [-0.3, -0.25) is 9.69 Å². The summed E-state index contributed by atoms with van der Waals surface area (Å²) in [7, 11) is 0. The fourth-order valence-corrected chi connectivity index (χ4v) is 2.87. The van der Waals surface area contributed by atoms with Crippen molar-refractivity contribution in [3.63, 3.8) is 0 Å². The van der Waals surface area contributed by atoms with Gasteiger partial charge in [-0.25, -0.2) is 8.78 Å². The van der Waals surface area contributed by atoms with E-state index in [4.69, 9.17) is 0 Å². The van der Waals surface area contributed by atoms with Crippen LogP contribution in [-0.4, -0.2) is 29.1 Å². The third-order valence-electron chi connectivity index (χ3n) is 4.52. The Hall–Kier alpha value is -1.49. The molecule has 1 aromatic rings. The molecule has 3 nitrogen and oxygen atoms in total. The molecule has 0 spiro atoms. The Labute approximate surface area is 123 Å². The quantitative estimate of drug-likeness (QED) is 0.927. The molecule has 5 heteroatoms. The predicted molar refractivity (Wildman–Crippen MR) is 75.8 cm³/mol. The molecule has 0 saturated carbocycles. The third kappa shape index (κ3) is 3.40. The summed E-state index contributed by atoms with van der Waals surface area (Å²) in [4.78, 5) is 13.3. The summed E-state index contributed by atoms with van der Waals surface area (Å²) in [5, 5.41) is 9.32. The van der Waals surface area contributed by atoms with Crippen molar-refractivity contribution in [2.75, 3.05) is 13.1 Å². The Bertz CT molecular complexity index is 511. The van der Waals surface area contributed by atoms with Crippen molar-refractivity contribution in [1.82, 2.24) is 4.90 Å². The Morgan fingerprint density at radius 2 is 2.00 bits per heavy atom. The summed E-state index contributed by atoms with van der Waals surface area (Å²) in [6.07, 6.45) is 1.67. The number of aliphatic carboxylic acids is 1. The summed E-state index contributed by atoms with van der Waals surface area (Å²) < 4.78 is 27.4. The monoisotopic (exact) mass is 297 g/mol. The minimum Gasteiger partial charge on any atom is -0.481 e. The van der Waals surface area contributed by atoms with Crippen LogP contribution in [0.1, 0.15) is 32.3 Å². The summed E-state index contributed by atoms with van der Waals surface area (Å²) in [6.45, 7) is 4.90. The third-order valence-corrected chi connectivity index (χ3v) is 4.52. The first kappa shape index (κ1) is 15.9. The van der Waals surface area contributed by atoms with Gasteiger partial charge in [0.1, 0.15) is 11.6 Å². The molecule has 21 heavy (non-hydrogen) atoms. The van der Waals surface area contributed by atoms with Crippen LogP contribution in [0.2, 0.25) is 0 Å². The number of carboxylic acid groups (broad SMARTS) is 1. The molecule has 1 fully saturated rings. The van der Waals surface area contributed by atoms with Gasteiger partial charge in [0, 0.05) is 18.7 Å². The number of likely N-dealkylation sites (tertiary alicyclic amines) is 1. The maximum Gasteiger partial charge on any atom is 0.309 e. The first-order chi connectivity index (χ1) is 9.82. The van der Waals surface area contributed by atoms with E-state index in [9.17, 15) is 18.7 Å². The average Bonchev–Trinajstić information content (AvgIpc) is 2.43. The molecule has 1 aliphatic rings. The second kappa shape index (κ2) is 6.10. The lowest BCUT2D eigenvalue weighted by Crippen LogP contribution is -2.44. The van der Waals surface area contributed by atoms with Gasteiger partial charge >= 0.3 is 5.97 Å². The molecule has 1 aliphatic heterocycles. The number of piperidine rings is 1. The van der Waals surface area contributed by atoms with E-state index in [1.807, 2.05) is 4.90 Å². The summed E-state index contributed by atoms with van der Waals surface area (Å²) in [5.41, 5.74) is -0.766. The second-order valence-electron chi connectivity index (χ2n) is 6.30. The first-order valence-electron chi connectivity index (χ1n) is 7.21. The van der Waals surface area contributed by atoms with E-state index in [-0.39, 0.29) is 18.0 Å². The molecule has 1 atom stereocenters. The smallest absolute Gasteiger partial charge is 0.309 e. The van der Waals surface area contributed by atoms with E-state index in [0.29, 0.717) is 6.54 Å². The number of hydrogen-bond acceptors (Lipinski definition) is 2. The van der Waals surface area contributed by atoms with E-state index in [1.165, 1.54) is 18.2 Å². The molecule has 1 N–H and O–H groups in total. The molecule has 0 aliphatic carbocycles. The van der Waals surface area contributed by atoms with Gasteiger partial charge in [-0.05, 0) is 51.3 Å². The lowest BCUT2D eigenvalue weighted by atomic mass is 9.74. The molecule has 0 aromatic heterocycles. The van der Waals surface area contributed by atoms with Gasteiger partial charge < -0.3 is 5.11 Å². The van der Waals surface area contributed by atoms with Gasteiger partial charge in [0.05, 0.1) is 5.41 Å². The average molecular weight is 297 g/mol. The Morgan fingerprint density at radius 1 is 1.38 bits per heavy atom. The van der Waals surface area contributed by atoms with E-state index >= 15 is 0 Å². The van der Waals surface area contributed by atoms with Crippen molar-refractivity contribution in [2.45, 2.75) is 33.2 Å². The van der Waals surface area contributed by atoms with Crippen molar-refractivity contribution in [3.05, 3.63) is 35.4 Å². The second-order valence-corrected chi connectivity index (χ2v) is 6.30. The molecule has 1 unspecified atom stereocenters. The van der Waals surface area contributed by atoms with Gasteiger partial charge in [-0.15, -0.1) is 0 Å². The van der Waals surface area contributed by atoms with E-state index < -0.39 is 23.0 Å². The van der Waals surface area contributed by atoms with Crippen LogP contribution in [0.3, 0.4) is 0 Å². The van der Waals surface area contributed by atoms with Crippen molar-refractivity contribution in [2.24, 2.45) is 11.3 Å². The highest BCUT2D eigenvalue weighted by Gasteiger charge is 2.39. The van der Waals surface area contributed by atoms with E-state index in [0.717, 1.165) is 19.4 Å². The van der Waals surface area contributed by atoms with Crippen LogP contribution in [0.5, 0.6) is 0 Å². The van der Waals surface area contributed by atoms with Crippen LogP contribution in [0.25, 0.3) is 0 Å². The fourth-order valence-electron chi connectivity index (χ4n) is 2.87. The van der Waals surface area contributed by atoms with Gasteiger partial charge in [0.2, 0.25) is 0 Å². The Kier molecular flexibility index (Phi) is 4.61. The molecule has 1 heterocycles. The van der Waals surface area contributed by atoms with Crippen molar-refractivity contribution in [1.29, 1.82) is 0 Å². The molecular formula is C16H21F2NO2. The van der Waals surface area contributed by atoms with Crippen LogP contribution in [0.4, 0.5) is 8.78 Å². The lowest BCUT2D eigenvalue weighted by Gasteiger charge is -2.39. The Balaban J connectivity index is 2.10. The zero-order valence-electron chi connectivity index (χ0n) is 12.4. The van der Waals surface area contributed by atoms with Crippen LogP contribution in [-0.2, 0) is 11.3 Å². The maximum atomic E-state index is 13.7. The normalized spacial score (nSPS) is 20.5. The van der Waals surface area contributed by atoms with Gasteiger partial charge in [-0.1, -0.05) is 6.07 Å². The standard InChI is InChI=1S/C16H21F2NO2/c1-16(2,15(20)21)11-5-4-8-19(9-11)10-12-13(17)6-3-7-14(12)18/h3,6-7,11H,4-5,8-10H2,1-2H3,(H,20,21). The number of hydrogen-bond donors (Lipinski definition) is 1. The molecule has 0 bridgehead atoms. The summed E-state index contributed by atoms with van der Waals surface area (Å²) in [6, 6.07) is 3.85. The SMILES string of the molecule is CC(C)(C(=O)O)C1CCCN(Cc2c(F)cccc2F)C1. The highest BCUT2D eigenvalue weighted by atomic mass is 19.1. The highest BCUT2D eigenvalue weighted by molar-refractivity contribution is 5.74. The molecule has 1 aromatic carbocycles. The predicted octanol–water partition coefficient (Wildman–Crippen LogP) is 3.29. The van der Waals surface area contributed by atoms with Crippen molar-refractivity contribution in [3.8, 4) is 0 Å². The van der Waals surface area contributed by atoms with Crippen LogP contribution in [0.15, 0.2) is 18.2 Å². The number of carbonyl (C=O) groups is 1. The zero-order chi connectivity index (χ0) is 15.6. The van der Waals surface area contributed by atoms with E-state index in [1.54, 1.807) is 13.8 Å².